The van der Waals surface area contributed by atoms with Crippen molar-refractivity contribution < 1.29 is 23.9 Å². The second kappa shape index (κ2) is 7.28. The number of likely N-dealkylation sites (tertiary alicyclic amines) is 1. The highest BCUT2D eigenvalue weighted by Gasteiger charge is 2.62. The first-order chi connectivity index (χ1) is 13.8. The normalized spacial score (nSPS) is 28.4. The third kappa shape index (κ3) is 3.43. The Morgan fingerprint density at radius 3 is 2.17 bits per heavy atom. The van der Waals surface area contributed by atoms with Crippen molar-refractivity contribution in [1.82, 2.24) is 4.90 Å². The lowest BCUT2D eigenvalue weighted by molar-refractivity contribution is -0.159. The van der Waals surface area contributed by atoms with Gasteiger partial charge in [-0.05, 0) is 75.1 Å². The van der Waals surface area contributed by atoms with Gasteiger partial charge in [0.15, 0.2) is 6.61 Å². The maximum atomic E-state index is 12.8. The molecule has 4 rings (SSSR count). The topological polar surface area (TPSA) is 92.8 Å². The molecule has 0 spiro atoms. The van der Waals surface area contributed by atoms with E-state index < -0.39 is 24.5 Å². The summed E-state index contributed by atoms with van der Waals surface area (Å²) >= 11 is 0. The lowest BCUT2D eigenvalue weighted by Crippen LogP contribution is -2.45. The quantitative estimate of drug-likeness (QED) is 0.606. The molecule has 29 heavy (non-hydrogen) atoms. The molecule has 2 bridgehead atoms. The summed E-state index contributed by atoms with van der Waals surface area (Å²) in [5.41, 5.74) is 2.65. The molecule has 2 saturated carbocycles. The van der Waals surface area contributed by atoms with Crippen LogP contribution >= 0.6 is 0 Å². The van der Waals surface area contributed by atoms with Crippen LogP contribution in [-0.2, 0) is 23.9 Å². The van der Waals surface area contributed by atoms with Gasteiger partial charge in [0.25, 0.3) is 5.91 Å². The Balaban J connectivity index is 1.34. The van der Waals surface area contributed by atoms with Crippen LogP contribution in [0.4, 0.5) is 5.69 Å². The van der Waals surface area contributed by atoms with Crippen molar-refractivity contribution in [1.29, 1.82) is 0 Å². The Hall–Kier alpha value is -2.70. The van der Waals surface area contributed by atoms with Crippen LogP contribution in [0.2, 0.25) is 0 Å². The van der Waals surface area contributed by atoms with Crippen LogP contribution in [0.25, 0.3) is 0 Å². The first kappa shape index (κ1) is 19.6. The number of nitrogens with zero attached hydrogens (tertiary/aromatic N) is 1. The smallest absolute Gasteiger partial charge is 0.329 e. The van der Waals surface area contributed by atoms with Gasteiger partial charge in [0.2, 0.25) is 11.8 Å². The Bertz CT molecular complexity index is 847. The van der Waals surface area contributed by atoms with Crippen LogP contribution in [-0.4, -0.2) is 41.2 Å². The van der Waals surface area contributed by atoms with Crippen molar-refractivity contribution in [2.75, 3.05) is 11.9 Å². The van der Waals surface area contributed by atoms with E-state index in [4.69, 9.17) is 4.74 Å². The van der Waals surface area contributed by atoms with E-state index in [1.165, 1.54) is 6.92 Å². The van der Waals surface area contributed by atoms with E-state index in [2.05, 4.69) is 5.32 Å². The van der Waals surface area contributed by atoms with E-state index in [9.17, 15) is 19.2 Å². The first-order valence-corrected chi connectivity index (χ1v) is 10.2. The average Bonchev–Trinajstić information content (AvgIpc) is 3.32. The zero-order chi connectivity index (χ0) is 20.9. The Kier molecular flexibility index (Phi) is 4.92. The number of ether oxygens (including phenoxy) is 1. The Morgan fingerprint density at radius 1 is 1.07 bits per heavy atom. The number of aryl methyl sites for hydroxylation is 2. The maximum Gasteiger partial charge on any atom is 0.329 e. The van der Waals surface area contributed by atoms with Gasteiger partial charge in [0.1, 0.15) is 6.04 Å². The number of carbonyl (C=O) groups excluding carboxylic acids is 4. The van der Waals surface area contributed by atoms with Crippen LogP contribution in [0.5, 0.6) is 0 Å². The molecule has 3 fully saturated rings. The standard InChI is InChI=1S/C22H26N2O5/c1-11-6-12(2)8-16(7-11)23-17(25)10-29-22(28)13(3)24-20(26)18-14-4-5-15(9-14)19(18)21(24)27/h6-8,13-15,18-19H,4-5,9-10H2,1-3H3,(H,23,25)/t13-,14+,15+,18-,19+/m1/s1. The van der Waals surface area contributed by atoms with Crippen LogP contribution in [0, 0.1) is 37.5 Å². The second-order valence-electron chi connectivity index (χ2n) is 8.64. The molecular weight excluding hydrogens is 372 g/mol. The molecule has 1 N–H and O–H groups in total. The summed E-state index contributed by atoms with van der Waals surface area (Å²) in [6.07, 6.45) is 2.91. The fourth-order valence-electron chi connectivity index (χ4n) is 5.42. The number of rotatable bonds is 5. The summed E-state index contributed by atoms with van der Waals surface area (Å²) in [5.74, 6) is -1.74. The number of nitrogens with one attached hydrogen (secondary N) is 1. The molecule has 1 aliphatic heterocycles. The summed E-state index contributed by atoms with van der Waals surface area (Å²) in [7, 11) is 0. The molecule has 1 saturated heterocycles. The maximum absolute atomic E-state index is 12.8. The predicted molar refractivity (Wildman–Crippen MR) is 105 cm³/mol. The molecule has 1 aromatic carbocycles. The number of fused-ring (bicyclic) bond motifs is 5. The molecule has 3 amide bonds. The van der Waals surface area contributed by atoms with Gasteiger partial charge in [0, 0.05) is 5.69 Å². The van der Waals surface area contributed by atoms with Gasteiger partial charge >= 0.3 is 5.97 Å². The van der Waals surface area contributed by atoms with E-state index in [0.717, 1.165) is 35.3 Å². The third-order valence-electron chi connectivity index (χ3n) is 6.54. The molecule has 5 atom stereocenters. The van der Waals surface area contributed by atoms with Crippen molar-refractivity contribution in [3.63, 3.8) is 0 Å². The van der Waals surface area contributed by atoms with Gasteiger partial charge in [0.05, 0.1) is 11.8 Å². The number of carbonyl (C=O) groups is 4. The molecule has 0 radical (unpaired) electrons. The predicted octanol–water partition coefficient (Wildman–Crippen LogP) is 2.20. The fourth-order valence-corrected chi connectivity index (χ4v) is 5.42. The number of anilines is 1. The van der Waals surface area contributed by atoms with Crippen molar-refractivity contribution in [2.24, 2.45) is 23.7 Å². The minimum Gasteiger partial charge on any atom is -0.454 e. The van der Waals surface area contributed by atoms with Crippen LogP contribution in [0.3, 0.4) is 0 Å². The lowest BCUT2D eigenvalue weighted by Gasteiger charge is -2.23. The number of benzene rings is 1. The summed E-state index contributed by atoms with van der Waals surface area (Å²) in [4.78, 5) is 51.2. The molecule has 7 nitrogen and oxygen atoms in total. The van der Waals surface area contributed by atoms with Crippen molar-refractivity contribution in [3.8, 4) is 0 Å². The van der Waals surface area contributed by atoms with E-state index in [0.29, 0.717) is 5.69 Å². The summed E-state index contributed by atoms with van der Waals surface area (Å²) in [6.45, 7) is 4.87. The molecule has 1 heterocycles. The van der Waals surface area contributed by atoms with Gasteiger partial charge in [-0.25, -0.2) is 4.79 Å². The van der Waals surface area contributed by atoms with E-state index in [-0.39, 0.29) is 35.5 Å². The van der Waals surface area contributed by atoms with Gasteiger partial charge in [-0.2, -0.15) is 0 Å². The fraction of sp³-hybridized carbons (Fsp3) is 0.545. The minimum absolute atomic E-state index is 0.253. The average molecular weight is 398 g/mol. The second-order valence-corrected chi connectivity index (χ2v) is 8.64. The minimum atomic E-state index is -1.02. The molecule has 154 valence electrons. The summed E-state index contributed by atoms with van der Waals surface area (Å²) < 4.78 is 5.10. The van der Waals surface area contributed by atoms with Crippen molar-refractivity contribution in [3.05, 3.63) is 29.3 Å². The summed E-state index contributed by atoms with van der Waals surface area (Å²) in [6, 6.07) is 4.62. The van der Waals surface area contributed by atoms with E-state index in [1.807, 2.05) is 32.0 Å². The Morgan fingerprint density at radius 2 is 1.62 bits per heavy atom. The number of hydrogen-bond donors (Lipinski definition) is 1. The SMILES string of the molecule is Cc1cc(C)cc(NC(=O)COC(=O)[C@@H](C)N2C(=O)[C@@H]3[C@H]4CC[C@@H](C4)[C@@H]3C2=O)c1. The third-order valence-corrected chi connectivity index (χ3v) is 6.54. The molecule has 0 aromatic heterocycles. The molecule has 2 aliphatic carbocycles. The number of amides is 3. The highest BCUT2D eigenvalue weighted by Crippen LogP contribution is 2.56. The number of esters is 1. The first-order valence-electron chi connectivity index (χ1n) is 10.2. The van der Waals surface area contributed by atoms with E-state index >= 15 is 0 Å². The molecular formula is C22H26N2O5. The molecule has 3 aliphatic rings. The van der Waals surface area contributed by atoms with Gasteiger partial charge in [-0.1, -0.05) is 6.07 Å². The summed E-state index contributed by atoms with van der Waals surface area (Å²) in [5, 5.41) is 2.69. The van der Waals surface area contributed by atoms with Gasteiger partial charge in [-0.15, -0.1) is 0 Å². The highest BCUT2D eigenvalue weighted by atomic mass is 16.5. The lowest BCUT2D eigenvalue weighted by atomic mass is 9.81. The van der Waals surface area contributed by atoms with Crippen LogP contribution in [0.15, 0.2) is 18.2 Å². The van der Waals surface area contributed by atoms with Crippen LogP contribution < -0.4 is 5.32 Å². The van der Waals surface area contributed by atoms with Crippen molar-refractivity contribution in [2.45, 2.75) is 46.1 Å². The zero-order valence-corrected chi connectivity index (χ0v) is 16.9. The number of imide groups is 1. The zero-order valence-electron chi connectivity index (χ0n) is 16.9. The largest absolute Gasteiger partial charge is 0.454 e. The highest BCUT2D eigenvalue weighted by molar-refractivity contribution is 6.08. The molecule has 0 unspecified atom stereocenters. The Labute approximate surface area is 169 Å². The van der Waals surface area contributed by atoms with Crippen LogP contribution in [0.1, 0.15) is 37.3 Å². The number of hydrogen-bond acceptors (Lipinski definition) is 5. The molecule has 1 aromatic rings. The van der Waals surface area contributed by atoms with Gasteiger partial charge in [-0.3, -0.25) is 19.3 Å². The monoisotopic (exact) mass is 398 g/mol. The van der Waals surface area contributed by atoms with Crippen molar-refractivity contribution >= 4 is 29.4 Å². The van der Waals surface area contributed by atoms with Gasteiger partial charge < -0.3 is 10.1 Å². The van der Waals surface area contributed by atoms with E-state index in [1.54, 1.807) is 0 Å². The molecule has 7 heteroatoms.